The van der Waals surface area contributed by atoms with E-state index in [2.05, 4.69) is 15.4 Å². The van der Waals surface area contributed by atoms with Gasteiger partial charge >= 0.3 is 12.2 Å². The van der Waals surface area contributed by atoms with Crippen molar-refractivity contribution < 1.29 is 22.7 Å². The van der Waals surface area contributed by atoms with Gasteiger partial charge in [0, 0.05) is 16.8 Å². The largest absolute Gasteiger partial charge is 0.460 e. The molecule has 1 heterocycles. The summed E-state index contributed by atoms with van der Waals surface area (Å²) >= 11 is 0. The van der Waals surface area contributed by atoms with Crippen LogP contribution in [0.1, 0.15) is 35.3 Å². The van der Waals surface area contributed by atoms with Crippen molar-refractivity contribution >= 4 is 11.6 Å². The number of alkyl halides is 3. The Morgan fingerprint density at radius 3 is 2.31 bits per heavy atom. The predicted molar refractivity (Wildman–Crippen MR) is 127 cm³/mol. The zero-order valence-corrected chi connectivity index (χ0v) is 19.3. The minimum absolute atomic E-state index is 0.0870. The van der Waals surface area contributed by atoms with Crippen LogP contribution in [0.3, 0.4) is 0 Å². The topological polar surface area (TPSA) is 69.0 Å². The van der Waals surface area contributed by atoms with Gasteiger partial charge in [-0.05, 0) is 63.2 Å². The average molecular weight is 480 g/mol. The van der Waals surface area contributed by atoms with Crippen molar-refractivity contribution in [2.24, 2.45) is 0 Å². The summed E-state index contributed by atoms with van der Waals surface area (Å²) in [5, 5.41) is 7.26. The molecule has 0 radical (unpaired) electrons. The summed E-state index contributed by atoms with van der Waals surface area (Å²) in [5.74, 6) is 0.0314. The molecular weight excluding hydrogens is 457 g/mol. The molecular formula is C26H23F3N4O2. The molecule has 4 rings (SSSR count). The van der Waals surface area contributed by atoms with Crippen molar-refractivity contribution in [1.82, 2.24) is 14.8 Å². The lowest BCUT2D eigenvalue weighted by molar-refractivity contribution is -0.137. The van der Waals surface area contributed by atoms with Gasteiger partial charge in [0.05, 0.1) is 17.4 Å². The molecule has 0 spiro atoms. The number of anilines is 1. The monoisotopic (exact) mass is 480 g/mol. The number of nitrogens with one attached hydrogen (secondary N) is 1. The quantitative estimate of drug-likeness (QED) is 0.352. The smallest absolute Gasteiger partial charge is 0.416 e. The van der Waals surface area contributed by atoms with Gasteiger partial charge in [-0.25, -0.2) is 4.68 Å². The Kier molecular flexibility index (Phi) is 6.59. The van der Waals surface area contributed by atoms with Gasteiger partial charge in [-0.15, -0.1) is 5.10 Å². The number of rotatable bonds is 6. The van der Waals surface area contributed by atoms with E-state index in [0.717, 1.165) is 17.7 Å². The maximum atomic E-state index is 13.0. The lowest BCUT2D eigenvalue weighted by Gasteiger charge is -2.10. The van der Waals surface area contributed by atoms with Crippen molar-refractivity contribution in [1.29, 1.82) is 0 Å². The van der Waals surface area contributed by atoms with Crippen LogP contribution < -0.4 is 10.1 Å². The van der Waals surface area contributed by atoms with Crippen LogP contribution in [0.4, 0.5) is 18.9 Å². The Morgan fingerprint density at radius 2 is 1.69 bits per heavy atom. The van der Waals surface area contributed by atoms with Crippen molar-refractivity contribution in [3.63, 3.8) is 0 Å². The first-order valence-corrected chi connectivity index (χ1v) is 10.9. The second-order valence-electron chi connectivity index (χ2n) is 8.24. The third-order valence-corrected chi connectivity index (χ3v) is 5.06. The molecule has 4 aromatic rings. The van der Waals surface area contributed by atoms with E-state index < -0.39 is 11.7 Å². The number of hydrogen-bond acceptors (Lipinski definition) is 4. The molecule has 1 N–H and O–H groups in total. The summed E-state index contributed by atoms with van der Waals surface area (Å²) in [6.07, 6.45) is -4.64. The summed E-state index contributed by atoms with van der Waals surface area (Å²) in [4.78, 5) is 17.0. The molecule has 180 valence electrons. The van der Waals surface area contributed by atoms with Crippen LogP contribution in [0.15, 0.2) is 72.8 Å². The van der Waals surface area contributed by atoms with E-state index in [1.807, 2.05) is 32.9 Å². The molecule has 0 saturated heterocycles. The molecule has 9 heteroatoms. The van der Waals surface area contributed by atoms with Gasteiger partial charge < -0.3 is 10.1 Å². The lowest BCUT2D eigenvalue weighted by Crippen LogP contribution is -2.12. The van der Waals surface area contributed by atoms with E-state index in [0.29, 0.717) is 28.3 Å². The highest BCUT2D eigenvalue weighted by Crippen LogP contribution is 2.32. The maximum Gasteiger partial charge on any atom is 0.416 e. The first-order chi connectivity index (χ1) is 16.6. The Balaban J connectivity index is 1.69. The fourth-order valence-corrected chi connectivity index (χ4v) is 3.35. The molecule has 6 nitrogen and oxygen atoms in total. The Hall–Kier alpha value is -4.14. The number of aryl methyl sites for hydroxylation is 1. The number of nitrogens with zero attached hydrogens (tertiary/aromatic N) is 3. The SMILES string of the molecule is Cc1ccc(C(=O)Nc2cccc(-n3nc(OC(C)C)nc3-c3ccc(C(F)(F)F)cc3)c2)cc1. The second-order valence-corrected chi connectivity index (χ2v) is 8.24. The molecule has 0 saturated carbocycles. The average Bonchev–Trinajstić information content (AvgIpc) is 3.22. The summed E-state index contributed by atoms with van der Waals surface area (Å²) in [5.41, 5.74) is 2.30. The van der Waals surface area contributed by atoms with Gasteiger partial charge in [-0.1, -0.05) is 35.9 Å². The minimum atomic E-state index is -4.44. The molecule has 1 amide bonds. The van der Waals surface area contributed by atoms with Crippen molar-refractivity contribution in [2.45, 2.75) is 33.1 Å². The highest BCUT2D eigenvalue weighted by atomic mass is 19.4. The van der Waals surface area contributed by atoms with Gasteiger partial charge in [-0.3, -0.25) is 4.79 Å². The number of carbonyl (C=O) groups excluding carboxylic acids is 1. The molecule has 3 aromatic carbocycles. The van der Waals surface area contributed by atoms with Crippen LogP contribution in [-0.4, -0.2) is 26.8 Å². The van der Waals surface area contributed by atoms with E-state index in [1.165, 1.54) is 16.8 Å². The maximum absolute atomic E-state index is 13.0. The molecule has 0 fully saturated rings. The summed E-state index contributed by atoms with van der Waals surface area (Å²) in [7, 11) is 0. The number of carbonyl (C=O) groups is 1. The van der Waals surface area contributed by atoms with Crippen LogP contribution in [0.25, 0.3) is 17.1 Å². The number of benzene rings is 3. The van der Waals surface area contributed by atoms with Crippen LogP contribution in [0, 0.1) is 6.92 Å². The molecule has 1 aromatic heterocycles. The van der Waals surface area contributed by atoms with Gasteiger partial charge in [0.25, 0.3) is 5.91 Å². The van der Waals surface area contributed by atoms with Gasteiger partial charge in [0.15, 0.2) is 5.82 Å². The number of ether oxygens (including phenoxy) is 1. The normalized spacial score (nSPS) is 11.5. The van der Waals surface area contributed by atoms with E-state index in [9.17, 15) is 18.0 Å². The zero-order chi connectivity index (χ0) is 25.2. The Labute approximate surface area is 200 Å². The van der Waals surface area contributed by atoms with Crippen LogP contribution in [0.5, 0.6) is 6.01 Å². The highest BCUT2D eigenvalue weighted by molar-refractivity contribution is 6.04. The zero-order valence-electron chi connectivity index (χ0n) is 19.3. The number of amides is 1. The fourth-order valence-electron chi connectivity index (χ4n) is 3.35. The molecule has 0 aliphatic heterocycles. The molecule has 0 aliphatic rings. The van der Waals surface area contributed by atoms with Gasteiger partial charge in [0.2, 0.25) is 0 Å². The standard InChI is InChI=1S/C26H23F3N4O2/c1-16(2)35-25-31-23(18-11-13-20(14-12-18)26(27,28)29)33(32-25)22-6-4-5-21(15-22)30-24(34)19-9-7-17(3)8-10-19/h4-16H,1-3H3,(H,30,34). The third kappa shape index (κ3) is 5.68. The first-order valence-electron chi connectivity index (χ1n) is 10.9. The number of hydrogen-bond donors (Lipinski definition) is 1. The van der Waals surface area contributed by atoms with E-state index >= 15 is 0 Å². The third-order valence-electron chi connectivity index (χ3n) is 5.06. The van der Waals surface area contributed by atoms with Crippen LogP contribution in [0.2, 0.25) is 0 Å². The molecule has 0 bridgehead atoms. The van der Waals surface area contributed by atoms with Crippen LogP contribution >= 0.6 is 0 Å². The van der Waals surface area contributed by atoms with E-state index in [-0.39, 0.29) is 18.0 Å². The number of halogens is 3. The minimum Gasteiger partial charge on any atom is -0.460 e. The van der Waals surface area contributed by atoms with E-state index in [4.69, 9.17) is 4.74 Å². The summed E-state index contributed by atoms with van der Waals surface area (Å²) in [6, 6.07) is 18.9. The second kappa shape index (κ2) is 9.61. The number of aromatic nitrogens is 3. The lowest BCUT2D eigenvalue weighted by atomic mass is 10.1. The summed E-state index contributed by atoms with van der Waals surface area (Å²) < 4.78 is 46.2. The summed E-state index contributed by atoms with van der Waals surface area (Å²) in [6.45, 7) is 5.58. The molecule has 35 heavy (non-hydrogen) atoms. The molecule has 0 unspecified atom stereocenters. The Morgan fingerprint density at radius 1 is 1.00 bits per heavy atom. The Bertz CT molecular complexity index is 1330. The van der Waals surface area contributed by atoms with Crippen LogP contribution in [-0.2, 0) is 6.18 Å². The van der Waals surface area contributed by atoms with E-state index in [1.54, 1.807) is 36.4 Å². The van der Waals surface area contributed by atoms with Crippen molar-refractivity contribution in [3.8, 4) is 23.1 Å². The van der Waals surface area contributed by atoms with Gasteiger partial charge in [-0.2, -0.15) is 18.2 Å². The predicted octanol–water partition coefficient (Wildman–Crippen LogP) is 6.30. The molecule has 0 aliphatic carbocycles. The highest BCUT2D eigenvalue weighted by Gasteiger charge is 2.30. The van der Waals surface area contributed by atoms with Crippen molar-refractivity contribution in [2.75, 3.05) is 5.32 Å². The van der Waals surface area contributed by atoms with Crippen molar-refractivity contribution in [3.05, 3.63) is 89.5 Å². The first kappa shape index (κ1) is 24.0. The van der Waals surface area contributed by atoms with Gasteiger partial charge in [0.1, 0.15) is 0 Å². The fraction of sp³-hybridized carbons (Fsp3) is 0.192. The molecule has 0 atom stereocenters.